The summed E-state index contributed by atoms with van der Waals surface area (Å²) in [6.45, 7) is 0. The molecule has 1 aromatic heterocycles. The summed E-state index contributed by atoms with van der Waals surface area (Å²) in [5, 5.41) is 3.79. The van der Waals surface area contributed by atoms with Crippen molar-refractivity contribution in [3.8, 4) is 5.69 Å². The number of guanidine groups is 1. The molecular weight excluding hydrogens is 334 g/mol. The van der Waals surface area contributed by atoms with E-state index in [9.17, 15) is 14.4 Å². The highest BCUT2D eigenvalue weighted by Crippen LogP contribution is 2.06. The van der Waals surface area contributed by atoms with Gasteiger partial charge in [0.2, 0.25) is 0 Å². The number of aromatic nitrogens is 2. The molecule has 2 aromatic carbocycles. The summed E-state index contributed by atoms with van der Waals surface area (Å²) in [5.41, 5.74) is -0.161. The van der Waals surface area contributed by atoms with E-state index in [2.05, 4.69) is 20.1 Å². The molecule has 4 rings (SSSR count). The van der Waals surface area contributed by atoms with Crippen LogP contribution in [0.25, 0.3) is 5.69 Å². The number of rotatable bonds is 2. The molecule has 0 aliphatic carbocycles. The van der Waals surface area contributed by atoms with Crippen LogP contribution in [0.5, 0.6) is 0 Å². The van der Waals surface area contributed by atoms with Gasteiger partial charge in [0.1, 0.15) is 0 Å². The molecule has 0 saturated heterocycles. The zero-order valence-electron chi connectivity index (χ0n) is 13.3. The highest BCUT2D eigenvalue weighted by molar-refractivity contribution is 5.91. The number of hydrogen-bond donors (Lipinski definition) is 2. The number of nitrogens with zero attached hydrogens (tertiary/aromatic N) is 3. The predicted octanol–water partition coefficient (Wildman–Crippen LogP) is -1.94. The van der Waals surface area contributed by atoms with Gasteiger partial charge < -0.3 is 0 Å². The first-order valence-corrected chi connectivity index (χ1v) is 7.74. The molecule has 26 heavy (non-hydrogen) atoms. The molecular formula is C18H12N5O3+. The van der Waals surface area contributed by atoms with E-state index >= 15 is 0 Å². The lowest BCUT2D eigenvalue weighted by Gasteiger charge is -2.05. The summed E-state index contributed by atoms with van der Waals surface area (Å²) in [6, 6.07) is 15.9. The van der Waals surface area contributed by atoms with Crippen molar-refractivity contribution in [3.05, 3.63) is 97.6 Å². The largest absolute Gasteiger partial charge is 0.434 e. The summed E-state index contributed by atoms with van der Waals surface area (Å²) < 4.78 is 1.08. The highest BCUT2D eigenvalue weighted by Gasteiger charge is 2.17. The Bertz CT molecular complexity index is 1260. The Kier molecular flexibility index (Phi) is 3.70. The Morgan fingerprint density at radius 3 is 2.38 bits per heavy atom. The third kappa shape index (κ3) is 2.91. The van der Waals surface area contributed by atoms with Crippen LogP contribution in [0.3, 0.4) is 0 Å². The maximum Gasteiger partial charge on any atom is 0.434 e. The number of amides is 1. The molecule has 0 unspecified atom stereocenters. The van der Waals surface area contributed by atoms with Gasteiger partial charge in [-0.3, -0.25) is 19.5 Å². The van der Waals surface area contributed by atoms with Crippen molar-refractivity contribution in [2.45, 2.75) is 0 Å². The molecule has 0 saturated carbocycles. The second kappa shape index (κ2) is 6.17. The number of carbonyl (C=O) groups is 1. The highest BCUT2D eigenvalue weighted by atomic mass is 16.2. The molecule has 0 radical (unpaired) electrons. The van der Waals surface area contributed by atoms with E-state index in [1.54, 1.807) is 30.3 Å². The Balaban J connectivity index is 1.71. The minimum atomic E-state index is -0.423. The Morgan fingerprint density at radius 2 is 1.65 bits per heavy atom. The first-order valence-electron chi connectivity index (χ1n) is 7.74. The Morgan fingerprint density at radius 1 is 0.923 bits per heavy atom. The smallest absolute Gasteiger partial charge is 0.268 e. The average Bonchev–Trinajstić information content (AvgIpc) is 3.06. The molecule has 1 aliphatic rings. The van der Waals surface area contributed by atoms with Crippen LogP contribution < -0.4 is 26.8 Å². The summed E-state index contributed by atoms with van der Waals surface area (Å²) in [4.78, 5) is 47.0. The molecule has 3 aromatic rings. The number of carbonyl (C=O) groups excluding carboxylic acids is 1. The lowest BCUT2D eigenvalue weighted by Crippen LogP contribution is -2.76. The van der Waals surface area contributed by atoms with Crippen molar-refractivity contribution in [2.75, 3.05) is 0 Å². The third-order valence-electron chi connectivity index (χ3n) is 3.75. The van der Waals surface area contributed by atoms with Crippen LogP contribution in [0.1, 0.15) is 10.4 Å². The van der Waals surface area contributed by atoms with Gasteiger partial charge in [-0.2, -0.15) is 0 Å². The van der Waals surface area contributed by atoms with E-state index in [0.29, 0.717) is 22.0 Å². The van der Waals surface area contributed by atoms with Crippen LogP contribution in [0.2, 0.25) is 0 Å². The van der Waals surface area contributed by atoms with Gasteiger partial charge in [-0.25, -0.2) is 9.67 Å². The lowest BCUT2D eigenvalue weighted by atomic mass is 10.2. The van der Waals surface area contributed by atoms with Gasteiger partial charge in [-0.05, 0) is 30.3 Å². The molecule has 0 atom stereocenters. The quantitative estimate of drug-likeness (QED) is 0.563. The van der Waals surface area contributed by atoms with E-state index in [1.807, 2.05) is 12.1 Å². The Labute approximate surface area is 145 Å². The van der Waals surface area contributed by atoms with Gasteiger partial charge in [-0.1, -0.05) is 28.2 Å². The fourth-order valence-electron chi connectivity index (χ4n) is 2.54. The molecule has 0 bridgehead atoms. The minimum Gasteiger partial charge on any atom is -0.268 e. The van der Waals surface area contributed by atoms with Gasteiger partial charge >= 0.3 is 11.9 Å². The van der Waals surface area contributed by atoms with Gasteiger partial charge in [0, 0.05) is 12.1 Å². The summed E-state index contributed by atoms with van der Waals surface area (Å²) in [6.07, 6.45) is 0. The van der Waals surface area contributed by atoms with Crippen molar-refractivity contribution >= 4 is 11.9 Å². The van der Waals surface area contributed by atoms with Crippen LogP contribution in [-0.4, -0.2) is 21.6 Å². The van der Waals surface area contributed by atoms with Gasteiger partial charge in [0.15, 0.2) is 10.7 Å². The van der Waals surface area contributed by atoms with Crippen molar-refractivity contribution in [3.63, 3.8) is 0 Å². The van der Waals surface area contributed by atoms with Crippen molar-refractivity contribution in [1.82, 2.24) is 9.78 Å². The van der Waals surface area contributed by atoms with Gasteiger partial charge in [0.05, 0.1) is 11.3 Å². The van der Waals surface area contributed by atoms with Gasteiger partial charge in [-0.15, -0.1) is 0 Å². The van der Waals surface area contributed by atoms with Crippen molar-refractivity contribution in [1.29, 1.82) is 0 Å². The first kappa shape index (κ1) is 15.6. The molecule has 126 valence electrons. The fraction of sp³-hybridized carbons (Fsp3) is 0. The minimum absolute atomic E-state index is 0.201. The van der Waals surface area contributed by atoms with E-state index in [0.717, 1.165) is 16.8 Å². The van der Waals surface area contributed by atoms with Crippen LogP contribution in [-0.2, 0) is 0 Å². The molecule has 2 heterocycles. The van der Waals surface area contributed by atoms with E-state index < -0.39 is 17.0 Å². The maximum atomic E-state index is 12.5. The van der Waals surface area contributed by atoms with E-state index in [-0.39, 0.29) is 5.96 Å². The molecule has 1 aliphatic heterocycles. The average molecular weight is 346 g/mol. The topological polar surface area (TPSA) is 111 Å². The standard InChI is InChI=1S/C18H11N5O3/c24-15-8-9-16(25)23(22-15)12-5-3-4-11(10-12)17(26)21-18-19-13-6-1-2-7-14(13)20-18/h1-10H,(H,22,24)/p+1. The molecule has 2 N–H and O–H groups in total. The summed E-state index contributed by atoms with van der Waals surface area (Å²) in [5.74, 6) is -0.222. The molecule has 8 nitrogen and oxygen atoms in total. The monoisotopic (exact) mass is 346 g/mol. The van der Waals surface area contributed by atoms with E-state index in [4.69, 9.17) is 0 Å². The molecule has 1 amide bonds. The van der Waals surface area contributed by atoms with Crippen LogP contribution >= 0.6 is 0 Å². The molecule has 0 spiro atoms. The number of para-hydroxylation sites is 2. The number of hydrogen-bond acceptors (Lipinski definition) is 3. The second-order valence-electron chi connectivity index (χ2n) is 5.52. The number of H-pyrrole nitrogens is 1. The fourth-order valence-corrected chi connectivity index (χ4v) is 2.54. The van der Waals surface area contributed by atoms with Crippen LogP contribution in [0, 0.1) is 0 Å². The second-order valence-corrected chi connectivity index (χ2v) is 5.52. The number of aromatic amines is 1. The summed E-state index contributed by atoms with van der Waals surface area (Å²) in [7, 11) is 0. The molecule has 0 fully saturated rings. The first-order chi connectivity index (χ1) is 12.6. The lowest BCUT2D eigenvalue weighted by molar-refractivity contribution is -0.347. The van der Waals surface area contributed by atoms with Gasteiger partial charge in [0.25, 0.3) is 11.1 Å². The summed E-state index contributed by atoms with van der Waals surface area (Å²) >= 11 is 0. The zero-order valence-corrected chi connectivity index (χ0v) is 13.3. The van der Waals surface area contributed by atoms with Crippen molar-refractivity contribution in [2.24, 2.45) is 9.98 Å². The SMILES string of the molecule is O=C([NH+]=C1N=c2ccccc2=N1)c1cccc(-n2[nH]c(=O)ccc2=O)c1. The number of benzene rings is 2. The maximum absolute atomic E-state index is 12.5. The zero-order chi connectivity index (χ0) is 18.1. The predicted molar refractivity (Wildman–Crippen MR) is 91.7 cm³/mol. The van der Waals surface area contributed by atoms with Crippen LogP contribution in [0.4, 0.5) is 0 Å². The van der Waals surface area contributed by atoms with Crippen LogP contribution in [0.15, 0.2) is 80.2 Å². The van der Waals surface area contributed by atoms with Crippen molar-refractivity contribution < 1.29 is 9.79 Å². The molecule has 8 heteroatoms. The van der Waals surface area contributed by atoms with E-state index in [1.165, 1.54) is 6.07 Å². The normalized spacial score (nSPS) is 12.1. The number of fused-ring (bicyclic) bond motifs is 1. The third-order valence-corrected chi connectivity index (χ3v) is 3.75. The number of nitrogens with one attached hydrogen (secondary N) is 2. The Hall–Kier alpha value is -3.94.